The number of para-hydroxylation sites is 2. The van der Waals surface area contributed by atoms with E-state index in [0.717, 1.165) is 87.7 Å². The van der Waals surface area contributed by atoms with Crippen molar-refractivity contribution in [2.24, 2.45) is 0 Å². The molecule has 0 amide bonds. The second kappa shape index (κ2) is 25.1. The number of hydrogen-bond donors (Lipinski definition) is 0. The number of nitrogens with zero attached hydrogens (tertiary/aromatic N) is 5. The van der Waals surface area contributed by atoms with Crippen LogP contribution in [0.3, 0.4) is 0 Å². The molecule has 15 aromatic rings. The lowest BCUT2D eigenvalue weighted by molar-refractivity contribution is 0.854. The van der Waals surface area contributed by atoms with Gasteiger partial charge < -0.3 is 9.13 Å². The summed E-state index contributed by atoms with van der Waals surface area (Å²) in [6.45, 7) is 0. The Balaban J connectivity index is 0.659. The highest BCUT2D eigenvalue weighted by Crippen LogP contribution is 2.41. The Morgan fingerprint density at radius 1 is 0.306 bits per heavy atom. The zero-order valence-electron chi connectivity index (χ0n) is 54.2. The summed E-state index contributed by atoms with van der Waals surface area (Å²) in [5, 5.41) is 2.65. The molecule has 0 N–H and O–H groups in total. The average molecular weight is 1250 g/mol. The van der Waals surface area contributed by atoms with E-state index in [0.29, 0.717) is 17.5 Å². The Hall–Kier alpha value is -12.3. The van der Waals surface area contributed by atoms with Crippen molar-refractivity contribution in [1.82, 2.24) is 24.1 Å². The molecule has 98 heavy (non-hydrogen) atoms. The molecule has 5 nitrogen and oxygen atoms in total. The lowest BCUT2D eigenvalue weighted by Crippen LogP contribution is -2.05. The predicted octanol–water partition coefficient (Wildman–Crippen LogP) is 23.8. The summed E-state index contributed by atoms with van der Waals surface area (Å²) >= 11 is 0. The van der Waals surface area contributed by atoms with Gasteiger partial charge in [-0.25, -0.2) is 15.0 Å². The van der Waals surface area contributed by atoms with Crippen molar-refractivity contribution >= 4 is 39.5 Å². The first-order chi connectivity index (χ1) is 48.5. The van der Waals surface area contributed by atoms with Crippen LogP contribution in [0, 0.1) is 0 Å². The van der Waals surface area contributed by atoms with Gasteiger partial charge in [-0.05, 0) is 200 Å². The zero-order chi connectivity index (χ0) is 64.9. The molecule has 3 aromatic heterocycles. The highest BCUT2D eigenvalue weighted by Gasteiger charge is 2.23. The van der Waals surface area contributed by atoms with Crippen molar-refractivity contribution in [3.05, 3.63) is 362 Å². The Labute approximate surface area is 571 Å². The minimum Gasteiger partial charge on any atom is -0.313 e. The first kappa shape index (κ1) is 58.3. The predicted molar refractivity (Wildman–Crippen MR) is 408 cm³/mol. The fraction of sp³-hybridized carbons (Fsp3) is 0.0645. The van der Waals surface area contributed by atoms with Crippen LogP contribution in [0.2, 0.25) is 0 Å². The molecule has 3 aliphatic carbocycles. The minimum atomic E-state index is 0.172. The normalized spacial score (nSPS) is 14.0. The van der Waals surface area contributed by atoms with Crippen LogP contribution in [0.15, 0.2) is 328 Å². The molecule has 0 saturated carbocycles. The van der Waals surface area contributed by atoms with Crippen LogP contribution in [0.4, 0.5) is 0 Å². The van der Waals surface area contributed by atoms with Crippen molar-refractivity contribution in [2.75, 3.05) is 0 Å². The number of rotatable bonds is 13. The molecule has 1 atom stereocenters. The van der Waals surface area contributed by atoms with Gasteiger partial charge in [-0.15, -0.1) is 0 Å². The number of hydrogen-bond acceptors (Lipinski definition) is 3. The minimum absolute atomic E-state index is 0.172. The monoisotopic (exact) mass is 1250 g/mol. The molecular formula is C93H67N5. The van der Waals surface area contributed by atoms with Crippen LogP contribution in [0.1, 0.15) is 59.1 Å². The van der Waals surface area contributed by atoms with Crippen molar-refractivity contribution in [3.8, 4) is 112 Å². The van der Waals surface area contributed by atoms with Crippen molar-refractivity contribution < 1.29 is 0 Å². The van der Waals surface area contributed by atoms with Gasteiger partial charge in [-0.2, -0.15) is 0 Å². The van der Waals surface area contributed by atoms with E-state index in [-0.39, 0.29) is 5.92 Å². The van der Waals surface area contributed by atoms with E-state index in [1.807, 2.05) is 0 Å². The molecule has 12 aromatic carbocycles. The quantitative estimate of drug-likeness (QED) is 0.116. The highest BCUT2D eigenvalue weighted by molar-refractivity contribution is 5.94. The van der Waals surface area contributed by atoms with Gasteiger partial charge >= 0.3 is 0 Å². The summed E-state index contributed by atoms with van der Waals surface area (Å²) < 4.78 is 4.87. The number of fused-ring (bicyclic) bond motifs is 6. The van der Waals surface area contributed by atoms with Gasteiger partial charge in [-0.3, -0.25) is 0 Å². The molecule has 0 radical (unpaired) electrons. The number of aromatic nitrogens is 5. The van der Waals surface area contributed by atoms with Crippen molar-refractivity contribution in [3.63, 3.8) is 0 Å². The Morgan fingerprint density at radius 2 is 0.714 bits per heavy atom. The third kappa shape index (κ3) is 11.0. The molecule has 464 valence electrons. The maximum atomic E-state index is 5.38. The summed E-state index contributed by atoms with van der Waals surface area (Å²) in [7, 11) is 0. The fourth-order valence-corrected chi connectivity index (χ4v) is 15.1. The van der Waals surface area contributed by atoms with E-state index in [9.17, 15) is 0 Å². The molecule has 18 rings (SSSR count). The lowest BCUT2D eigenvalue weighted by Gasteiger charge is -2.18. The zero-order valence-corrected chi connectivity index (χ0v) is 54.2. The number of benzene rings is 12. The highest BCUT2D eigenvalue weighted by atomic mass is 15.0. The van der Waals surface area contributed by atoms with Gasteiger partial charge in [0.15, 0.2) is 17.5 Å². The van der Waals surface area contributed by atoms with E-state index in [1.165, 1.54) is 100 Å². The van der Waals surface area contributed by atoms with Gasteiger partial charge in [-0.1, -0.05) is 261 Å². The number of aryl methyl sites for hydroxylation is 1. The Bertz CT molecular complexity index is 5720. The summed E-state index contributed by atoms with van der Waals surface area (Å²) in [5.74, 6) is 2.05. The van der Waals surface area contributed by atoms with Gasteiger partial charge in [0.1, 0.15) is 0 Å². The topological polar surface area (TPSA) is 48.5 Å². The van der Waals surface area contributed by atoms with E-state index >= 15 is 0 Å². The molecule has 3 aliphatic rings. The van der Waals surface area contributed by atoms with E-state index < -0.39 is 0 Å². The van der Waals surface area contributed by atoms with Gasteiger partial charge in [0.05, 0.1) is 11.0 Å². The molecule has 0 fully saturated rings. The number of allylic oxidation sites excluding steroid dienone is 6. The summed E-state index contributed by atoms with van der Waals surface area (Å²) in [5.41, 5.74) is 30.6. The maximum absolute atomic E-state index is 5.38. The van der Waals surface area contributed by atoms with Crippen molar-refractivity contribution in [1.29, 1.82) is 0 Å². The van der Waals surface area contributed by atoms with Crippen molar-refractivity contribution in [2.45, 2.75) is 38.0 Å². The average Bonchev–Trinajstić information content (AvgIpc) is 1.63. The largest absolute Gasteiger partial charge is 0.313 e. The Kier molecular flexibility index (Phi) is 14.9. The molecule has 1 unspecified atom stereocenters. The molecule has 0 saturated heterocycles. The molecule has 5 heteroatoms. The van der Waals surface area contributed by atoms with E-state index in [2.05, 4.69) is 349 Å². The second-order valence-corrected chi connectivity index (χ2v) is 26.0. The van der Waals surface area contributed by atoms with Crippen LogP contribution in [-0.4, -0.2) is 24.1 Å². The first-order valence-electron chi connectivity index (χ1n) is 34.3. The summed E-state index contributed by atoms with van der Waals surface area (Å²) in [4.78, 5) is 16.1. The third-order valence-corrected chi connectivity index (χ3v) is 20.1. The fourth-order valence-electron chi connectivity index (χ4n) is 15.1. The molecule has 0 spiro atoms. The van der Waals surface area contributed by atoms with Crippen LogP contribution >= 0.6 is 0 Å². The second-order valence-electron chi connectivity index (χ2n) is 26.0. The van der Waals surface area contributed by atoms with Crippen LogP contribution < -0.4 is 0 Å². The smallest absolute Gasteiger partial charge is 0.164 e. The first-order valence-corrected chi connectivity index (χ1v) is 34.3. The standard InChI is InChI=1S/C93H67N5/c1-2-19-62(20-3-1)67-21-12-25-71(55-67)75-29-16-30-76(59-75)72-26-13-22-68(56-72)63-43-45-66(46-44-63)91-94-92(79-33-17-31-77(60-79)73-27-14-23-69(57-73)64-47-51-81(52-48-64)97-87-39-8-4-35-83(87)84-36-5-9-40-88(84)97)96-93(95-91)80-34-18-32-78(61-80)74-28-15-24-70(58-74)65-49-53-82(54-50-65)98-89-41-10-6-37-85(89)86-38-7-11-42-90(86)98/h1-6,8,10-37,39,41-43,45-61,63H,7,9,38,40,44H2. The Morgan fingerprint density at radius 3 is 1.26 bits per heavy atom. The molecule has 0 bridgehead atoms. The molecule has 0 aliphatic heterocycles. The maximum Gasteiger partial charge on any atom is 0.164 e. The van der Waals surface area contributed by atoms with Gasteiger partial charge in [0, 0.05) is 61.7 Å². The SMILES string of the molecule is C1=Cc2c(c3ccccc3n2-c2ccc(-c3cccc(-c4cccc(-c5nc(C6=CCC(c7cccc(-c8cccc(-c9cccc(-c%10ccccc%10)c9)c8)c7)C=C6)nc(-c6cccc(-c7cccc(-c8ccc(-n9c%10c(c%11ccccc%119)C=CCC%10)cc8)c7)c6)n5)c4)c3)cc2)CC1. The third-order valence-electron chi connectivity index (χ3n) is 20.1. The van der Waals surface area contributed by atoms with E-state index in [1.54, 1.807) is 0 Å². The lowest BCUT2D eigenvalue weighted by atomic mass is 9.88. The summed E-state index contributed by atoms with van der Waals surface area (Å²) in [6.07, 6.45) is 21.1. The van der Waals surface area contributed by atoms with Gasteiger partial charge in [0.2, 0.25) is 0 Å². The summed E-state index contributed by atoms with van der Waals surface area (Å²) in [6, 6.07) is 108. The van der Waals surface area contributed by atoms with Crippen LogP contribution in [0.25, 0.3) is 152 Å². The molecular weight excluding hydrogens is 1190 g/mol. The van der Waals surface area contributed by atoms with Gasteiger partial charge in [0.25, 0.3) is 0 Å². The van der Waals surface area contributed by atoms with Crippen LogP contribution in [0.5, 0.6) is 0 Å². The van der Waals surface area contributed by atoms with Crippen LogP contribution in [-0.2, 0) is 12.8 Å². The molecule has 3 heterocycles. The van der Waals surface area contributed by atoms with E-state index in [4.69, 9.17) is 15.0 Å².